The summed E-state index contributed by atoms with van der Waals surface area (Å²) in [4.78, 5) is 28.1. The lowest BCUT2D eigenvalue weighted by Crippen LogP contribution is -2.30. The molecule has 1 saturated carbocycles. The van der Waals surface area contributed by atoms with Gasteiger partial charge in [-0.25, -0.2) is 0 Å². The molecule has 2 aliphatic rings. The number of thioether (sulfide) groups is 1. The Morgan fingerprint density at radius 3 is 2.57 bits per heavy atom. The summed E-state index contributed by atoms with van der Waals surface area (Å²) in [5.74, 6) is 0.165. The van der Waals surface area contributed by atoms with Gasteiger partial charge in [-0.1, -0.05) is 23.1 Å². The van der Waals surface area contributed by atoms with Crippen LogP contribution in [0.5, 0.6) is 0 Å². The Balaban J connectivity index is 1.28. The molecule has 1 N–H and O–H groups in total. The van der Waals surface area contributed by atoms with Crippen molar-refractivity contribution in [2.45, 2.75) is 43.0 Å². The summed E-state index contributed by atoms with van der Waals surface area (Å²) in [5, 5.41) is 11.8. The Morgan fingerprint density at radius 1 is 1.21 bits per heavy atom. The number of carbonyl (C=O) groups excluding carboxylic acids is 2. The Bertz CT molecular complexity index is 844. The van der Waals surface area contributed by atoms with Crippen molar-refractivity contribution in [3.8, 4) is 0 Å². The van der Waals surface area contributed by atoms with Crippen molar-refractivity contribution in [3.05, 3.63) is 24.3 Å². The third kappa shape index (κ3) is 4.64. The normalized spacial score (nSPS) is 16.2. The highest BCUT2D eigenvalue weighted by Gasteiger charge is 2.34. The highest BCUT2D eigenvalue weighted by Crippen LogP contribution is 2.35. The molecule has 1 aliphatic heterocycles. The molecule has 1 saturated heterocycles. The first-order valence-corrected chi connectivity index (χ1v) is 11.3. The molecule has 9 heteroatoms. The van der Waals surface area contributed by atoms with Crippen molar-refractivity contribution in [1.82, 2.24) is 10.2 Å². The fourth-order valence-corrected chi connectivity index (χ4v) is 5.05. The van der Waals surface area contributed by atoms with Gasteiger partial charge >= 0.3 is 0 Å². The molecule has 0 bridgehead atoms. The Labute approximate surface area is 172 Å². The third-order valence-electron chi connectivity index (χ3n) is 4.80. The fourth-order valence-electron chi connectivity index (χ4n) is 3.29. The van der Waals surface area contributed by atoms with Gasteiger partial charge in [-0.05, 0) is 49.9 Å². The van der Waals surface area contributed by atoms with Crippen LogP contribution in [-0.2, 0) is 9.59 Å². The second-order valence-corrected chi connectivity index (χ2v) is 9.23. The topological polar surface area (TPSA) is 78.4 Å². The van der Waals surface area contributed by atoms with Crippen LogP contribution in [0.15, 0.2) is 28.6 Å². The molecule has 0 spiro atoms. The van der Waals surface area contributed by atoms with Gasteiger partial charge in [0.15, 0.2) is 4.34 Å². The number of carbonyl (C=O) groups is 2. The summed E-state index contributed by atoms with van der Waals surface area (Å²) in [6, 6.07) is 8.26. The first-order chi connectivity index (χ1) is 13.6. The van der Waals surface area contributed by atoms with E-state index >= 15 is 0 Å². The second kappa shape index (κ2) is 8.48. The minimum Gasteiger partial charge on any atom is -0.372 e. The van der Waals surface area contributed by atoms with Gasteiger partial charge < -0.3 is 10.2 Å². The molecular formula is C19H23N5O2S2. The average Bonchev–Trinajstić information content (AvgIpc) is 3.17. The van der Waals surface area contributed by atoms with E-state index in [2.05, 4.69) is 32.5 Å². The molecule has 0 unspecified atom stereocenters. The van der Waals surface area contributed by atoms with E-state index < -0.39 is 0 Å². The van der Waals surface area contributed by atoms with Gasteiger partial charge in [0.1, 0.15) is 0 Å². The van der Waals surface area contributed by atoms with E-state index in [4.69, 9.17) is 0 Å². The minimum absolute atomic E-state index is 0.00896. The van der Waals surface area contributed by atoms with E-state index in [9.17, 15) is 9.59 Å². The van der Waals surface area contributed by atoms with Crippen molar-refractivity contribution in [2.75, 3.05) is 34.0 Å². The number of hydrogen-bond donors (Lipinski definition) is 1. The van der Waals surface area contributed by atoms with Crippen LogP contribution in [0.2, 0.25) is 0 Å². The lowest BCUT2D eigenvalue weighted by molar-refractivity contribution is -0.116. The molecule has 148 valence electrons. The number of rotatable bonds is 7. The van der Waals surface area contributed by atoms with Gasteiger partial charge in [0, 0.05) is 37.4 Å². The van der Waals surface area contributed by atoms with Crippen molar-refractivity contribution in [2.24, 2.45) is 0 Å². The van der Waals surface area contributed by atoms with E-state index in [1.54, 1.807) is 11.8 Å². The highest BCUT2D eigenvalue weighted by molar-refractivity contribution is 8.01. The molecule has 2 amide bonds. The van der Waals surface area contributed by atoms with Gasteiger partial charge in [-0.2, -0.15) is 0 Å². The minimum atomic E-state index is -0.0821. The average molecular weight is 418 g/mol. The molecule has 2 heterocycles. The third-order valence-corrected chi connectivity index (χ3v) is 6.86. The number of hydrogen-bond acceptors (Lipinski definition) is 7. The SMILES string of the molecule is CC(=O)N(c1nnc(SCC(=O)Nc2ccc(N3CCCC3)cc2)s1)C1CC1. The first kappa shape index (κ1) is 19.2. The molecule has 4 rings (SSSR count). The zero-order valence-electron chi connectivity index (χ0n) is 15.8. The van der Waals surface area contributed by atoms with E-state index in [0.29, 0.717) is 9.47 Å². The summed E-state index contributed by atoms with van der Waals surface area (Å²) in [6.45, 7) is 3.76. The number of amides is 2. The van der Waals surface area contributed by atoms with Crippen LogP contribution >= 0.6 is 23.1 Å². The molecule has 0 radical (unpaired) electrons. The molecule has 1 aromatic heterocycles. The van der Waals surface area contributed by atoms with Crippen molar-refractivity contribution < 1.29 is 9.59 Å². The second-order valence-electron chi connectivity index (χ2n) is 7.05. The Hall–Kier alpha value is -2.13. The summed E-state index contributed by atoms with van der Waals surface area (Å²) < 4.78 is 0.696. The van der Waals surface area contributed by atoms with Crippen LogP contribution in [0.3, 0.4) is 0 Å². The number of anilines is 3. The van der Waals surface area contributed by atoms with Crippen LogP contribution in [0.1, 0.15) is 32.6 Å². The summed E-state index contributed by atoms with van der Waals surface area (Å²) in [6.07, 6.45) is 4.52. The molecule has 1 aliphatic carbocycles. The first-order valence-electron chi connectivity index (χ1n) is 9.51. The molecule has 1 aromatic carbocycles. The summed E-state index contributed by atoms with van der Waals surface area (Å²) in [5.41, 5.74) is 2.00. The van der Waals surface area contributed by atoms with Gasteiger partial charge in [0.05, 0.1) is 5.75 Å². The number of benzene rings is 1. The lowest BCUT2D eigenvalue weighted by Gasteiger charge is -2.17. The number of nitrogens with one attached hydrogen (secondary N) is 1. The van der Waals surface area contributed by atoms with Crippen molar-refractivity contribution in [3.63, 3.8) is 0 Å². The van der Waals surface area contributed by atoms with Crippen LogP contribution in [0.4, 0.5) is 16.5 Å². The quantitative estimate of drug-likeness (QED) is 0.550. The number of aromatic nitrogens is 2. The molecule has 2 aromatic rings. The maximum absolute atomic E-state index is 12.2. The Kier molecular flexibility index (Phi) is 5.82. The van der Waals surface area contributed by atoms with Gasteiger partial charge in [0.2, 0.25) is 16.9 Å². The summed E-state index contributed by atoms with van der Waals surface area (Å²) in [7, 11) is 0. The number of nitrogens with zero attached hydrogens (tertiary/aromatic N) is 4. The van der Waals surface area contributed by atoms with Crippen LogP contribution in [0, 0.1) is 0 Å². The Morgan fingerprint density at radius 2 is 1.93 bits per heavy atom. The largest absolute Gasteiger partial charge is 0.372 e. The van der Waals surface area contributed by atoms with Crippen LogP contribution in [0.25, 0.3) is 0 Å². The maximum Gasteiger partial charge on any atom is 0.234 e. The molecule has 2 fully saturated rings. The van der Waals surface area contributed by atoms with E-state index in [1.807, 2.05) is 12.1 Å². The summed E-state index contributed by atoms with van der Waals surface area (Å²) >= 11 is 2.70. The fraction of sp³-hybridized carbons (Fsp3) is 0.474. The predicted molar refractivity (Wildman–Crippen MR) is 113 cm³/mol. The smallest absolute Gasteiger partial charge is 0.234 e. The molecule has 7 nitrogen and oxygen atoms in total. The monoisotopic (exact) mass is 417 g/mol. The van der Waals surface area contributed by atoms with Gasteiger partial charge in [-0.3, -0.25) is 14.5 Å². The molecule has 0 atom stereocenters. The highest BCUT2D eigenvalue weighted by atomic mass is 32.2. The van der Waals surface area contributed by atoms with Crippen molar-refractivity contribution >= 4 is 51.4 Å². The predicted octanol–water partition coefficient (Wildman–Crippen LogP) is 3.38. The zero-order valence-corrected chi connectivity index (χ0v) is 17.4. The van der Waals surface area contributed by atoms with Gasteiger partial charge in [0.25, 0.3) is 0 Å². The van der Waals surface area contributed by atoms with E-state index in [-0.39, 0.29) is 23.6 Å². The zero-order chi connectivity index (χ0) is 19.5. The van der Waals surface area contributed by atoms with E-state index in [0.717, 1.165) is 31.6 Å². The van der Waals surface area contributed by atoms with Gasteiger partial charge in [-0.15, -0.1) is 10.2 Å². The standard InChI is InChI=1S/C19H23N5O2S2/c1-13(25)24(16-8-9-16)18-21-22-19(28-18)27-12-17(26)20-14-4-6-15(7-5-14)23-10-2-3-11-23/h4-7,16H,2-3,8-12H2,1H3,(H,20,26). The molecular weight excluding hydrogens is 394 g/mol. The van der Waals surface area contributed by atoms with Crippen LogP contribution in [-0.4, -0.2) is 46.9 Å². The van der Waals surface area contributed by atoms with E-state index in [1.165, 1.54) is 41.6 Å². The van der Waals surface area contributed by atoms with Crippen LogP contribution < -0.4 is 15.1 Å². The lowest BCUT2D eigenvalue weighted by atomic mass is 10.2. The van der Waals surface area contributed by atoms with Crippen molar-refractivity contribution in [1.29, 1.82) is 0 Å². The maximum atomic E-state index is 12.2. The molecule has 28 heavy (non-hydrogen) atoms.